The van der Waals surface area contributed by atoms with Crippen molar-refractivity contribution >= 4 is 11.9 Å². The lowest BCUT2D eigenvalue weighted by molar-refractivity contribution is 0.858. The molecule has 0 fully saturated rings. The van der Waals surface area contributed by atoms with Gasteiger partial charge < -0.3 is 10.6 Å². The highest BCUT2D eigenvalue weighted by atomic mass is 15.4. The van der Waals surface area contributed by atoms with Crippen molar-refractivity contribution in [2.75, 3.05) is 23.7 Å². The van der Waals surface area contributed by atoms with Crippen molar-refractivity contribution in [2.45, 2.75) is 12.8 Å². The van der Waals surface area contributed by atoms with E-state index in [0.29, 0.717) is 18.4 Å². The quantitative estimate of drug-likeness (QED) is 0.460. The summed E-state index contributed by atoms with van der Waals surface area (Å²) in [5, 5.41) is 11.3. The number of aromatic nitrogens is 5. The zero-order chi connectivity index (χ0) is 19.7. The molecule has 0 radical (unpaired) electrons. The molecule has 0 saturated carbocycles. The summed E-state index contributed by atoms with van der Waals surface area (Å²) >= 11 is 0. The van der Waals surface area contributed by atoms with Crippen LogP contribution in [0.25, 0.3) is 5.69 Å². The van der Waals surface area contributed by atoms with Crippen molar-refractivity contribution in [3.8, 4) is 5.69 Å². The first-order chi connectivity index (χ1) is 14.4. The van der Waals surface area contributed by atoms with Crippen LogP contribution in [0.15, 0.2) is 79.1 Å². The van der Waals surface area contributed by atoms with Crippen molar-refractivity contribution in [3.63, 3.8) is 0 Å². The van der Waals surface area contributed by atoms with Crippen LogP contribution in [0.5, 0.6) is 0 Å². The molecular weight excluding hydrogens is 362 g/mol. The molecule has 3 aromatic heterocycles. The van der Waals surface area contributed by atoms with Crippen LogP contribution in [0.1, 0.15) is 11.4 Å². The third-order valence-electron chi connectivity index (χ3n) is 4.39. The minimum absolute atomic E-state index is 0.588. The van der Waals surface area contributed by atoms with E-state index in [2.05, 4.69) is 30.7 Å². The number of pyridine rings is 2. The van der Waals surface area contributed by atoms with E-state index in [1.807, 2.05) is 77.6 Å². The van der Waals surface area contributed by atoms with Crippen LogP contribution < -0.4 is 10.6 Å². The van der Waals surface area contributed by atoms with Crippen LogP contribution in [0.4, 0.5) is 11.9 Å². The van der Waals surface area contributed by atoms with E-state index in [4.69, 9.17) is 0 Å². The van der Waals surface area contributed by atoms with E-state index in [1.165, 1.54) is 0 Å². The number of benzene rings is 1. The molecule has 7 heteroatoms. The normalized spacial score (nSPS) is 10.6. The summed E-state index contributed by atoms with van der Waals surface area (Å²) in [6.07, 6.45) is 5.24. The molecular formula is C22H23N7. The van der Waals surface area contributed by atoms with Gasteiger partial charge in [0, 0.05) is 49.7 Å². The largest absolute Gasteiger partial charge is 0.354 e. The highest BCUT2D eigenvalue weighted by Crippen LogP contribution is 2.16. The summed E-state index contributed by atoms with van der Waals surface area (Å²) in [5.41, 5.74) is 3.04. The summed E-state index contributed by atoms with van der Waals surface area (Å²) in [4.78, 5) is 13.3. The topological polar surface area (TPSA) is 80.5 Å². The maximum atomic E-state index is 4.64. The van der Waals surface area contributed by atoms with Gasteiger partial charge in [-0.25, -0.2) is 0 Å². The molecule has 0 aliphatic rings. The monoisotopic (exact) mass is 385 g/mol. The van der Waals surface area contributed by atoms with E-state index in [9.17, 15) is 0 Å². The fourth-order valence-electron chi connectivity index (χ4n) is 2.95. The van der Waals surface area contributed by atoms with Crippen molar-refractivity contribution < 1.29 is 0 Å². The Labute approximate surface area is 169 Å². The molecule has 0 aliphatic carbocycles. The van der Waals surface area contributed by atoms with Crippen LogP contribution in [-0.2, 0) is 12.8 Å². The number of hydrogen-bond acceptors (Lipinski definition) is 6. The van der Waals surface area contributed by atoms with Crippen molar-refractivity contribution in [3.05, 3.63) is 90.5 Å². The predicted octanol–water partition coefficient (Wildman–Crippen LogP) is 3.37. The van der Waals surface area contributed by atoms with E-state index >= 15 is 0 Å². The highest BCUT2D eigenvalue weighted by Gasteiger charge is 2.11. The predicted molar refractivity (Wildman–Crippen MR) is 114 cm³/mol. The van der Waals surface area contributed by atoms with Gasteiger partial charge in [0.15, 0.2) is 0 Å². The molecule has 0 aliphatic heterocycles. The van der Waals surface area contributed by atoms with Gasteiger partial charge in [0.25, 0.3) is 0 Å². The second-order valence-corrected chi connectivity index (χ2v) is 6.50. The lowest BCUT2D eigenvalue weighted by Gasteiger charge is -2.07. The van der Waals surface area contributed by atoms with Gasteiger partial charge in [-0.1, -0.05) is 30.3 Å². The first kappa shape index (κ1) is 18.6. The van der Waals surface area contributed by atoms with Crippen molar-refractivity contribution in [1.29, 1.82) is 0 Å². The van der Waals surface area contributed by atoms with E-state index in [1.54, 1.807) is 6.20 Å². The fraction of sp³-hybridized carbons (Fsp3) is 0.182. The molecule has 146 valence electrons. The number of nitrogens with zero attached hydrogens (tertiary/aromatic N) is 5. The molecule has 0 saturated heterocycles. The molecule has 3 heterocycles. The van der Waals surface area contributed by atoms with Crippen molar-refractivity contribution in [2.24, 2.45) is 0 Å². The lowest BCUT2D eigenvalue weighted by Crippen LogP contribution is -2.11. The second kappa shape index (κ2) is 9.45. The van der Waals surface area contributed by atoms with Gasteiger partial charge in [-0.2, -0.15) is 9.67 Å². The Balaban J connectivity index is 1.43. The summed E-state index contributed by atoms with van der Waals surface area (Å²) in [7, 11) is 0. The van der Waals surface area contributed by atoms with E-state index in [0.717, 1.165) is 36.5 Å². The Bertz CT molecular complexity index is 1000. The number of rotatable bonds is 9. The Morgan fingerprint density at radius 2 is 1.31 bits per heavy atom. The Morgan fingerprint density at radius 1 is 0.690 bits per heavy atom. The standard InChI is InChI=1S/C22H23N7/c1-2-10-20(11-3-1)29-22(26-17-13-19-9-5-7-15-24-19)27-21(28-29)25-16-12-18-8-4-6-14-23-18/h1-11,14-15H,12-13,16-17H2,(H2,25,26,27,28). The van der Waals surface area contributed by atoms with Crippen LogP contribution in [0.3, 0.4) is 0 Å². The maximum Gasteiger partial charge on any atom is 0.244 e. The smallest absolute Gasteiger partial charge is 0.244 e. The van der Waals surface area contributed by atoms with Gasteiger partial charge in [0.05, 0.1) is 5.69 Å². The van der Waals surface area contributed by atoms with Crippen LogP contribution in [-0.4, -0.2) is 37.8 Å². The Hall–Kier alpha value is -3.74. The minimum atomic E-state index is 0.588. The molecule has 0 bridgehead atoms. The number of para-hydroxylation sites is 1. The van der Waals surface area contributed by atoms with Gasteiger partial charge in [0.2, 0.25) is 11.9 Å². The third-order valence-corrected chi connectivity index (χ3v) is 4.39. The first-order valence-electron chi connectivity index (χ1n) is 9.68. The number of nitrogens with one attached hydrogen (secondary N) is 2. The van der Waals surface area contributed by atoms with E-state index in [-0.39, 0.29) is 0 Å². The average Bonchev–Trinajstić information content (AvgIpc) is 3.19. The molecule has 0 unspecified atom stereocenters. The maximum absolute atomic E-state index is 4.64. The zero-order valence-electron chi connectivity index (χ0n) is 16.1. The van der Waals surface area contributed by atoms with Crippen LogP contribution in [0, 0.1) is 0 Å². The van der Waals surface area contributed by atoms with Gasteiger partial charge in [0.1, 0.15) is 0 Å². The summed E-state index contributed by atoms with van der Waals surface area (Å²) in [6, 6.07) is 21.9. The molecule has 4 aromatic rings. The van der Waals surface area contributed by atoms with Gasteiger partial charge in [-0.05, 0) is 36.4 Å². The number of hydrogen-bond donors (Lipinski definition) is 2. The number of anilines is 2. The zero-order valence-corrected chi connectivity index (χ0v) is 16.1. The molecule has 0 spiro atoms. The summed E-state index contributed by atoms with van der Waals surface area (Å²) < 4.78 is 1.82. The Kier molecular flexibility index (Phi) is 6.07. The molecule has 0 atom stereocenters. The van der Waals surface area contributed by atoms with Gasteiger partial charge >= 0.3 is 0 Å². The van der Waals surface area contributed by atoms with Crippen molar-refractivity contribution in [1.82, 2.24) is 24.7 Å². The Morgan fingerprint density at radius 3 is 1.93 bits per heavy atom. The van der Waals surface area contributed by atoms with Crippen LogP contribution in [0.2, 0.25) is 0 Å². The molecule has 0 amide bonds. The molecule has 29 heavy (non-hydrogen) atoms. The lowest BCUT2D eigenvalue weighted by atomic mass is 10.3. The highest BCUT2D eigenvalue weighted by molar-refractivity contribution is 5.44. The molecule has 4 rings (SSSR count). The fourth-order valence-corrected chi connectivity index (χ4v) is 2.95. The SMILES string of the molecule is c1ccc(-n2nc(NCCc3ccccn3)nc2NCCc2ccccn2)cc1. The average molecular weight is 385 g/mol. The minimum Gasteiger partial charge on any atom is -0.354 e. The summed E-state index contributed by atoms with van der Waals surface area (Å²) in [5.74, 6) is 1.29. The molecule has 1 aromatic carbocycles. The van der Waals surface area contributed by atoms with Crippen LogP contribution >= 0.6 is 0 Å². The first-order valence-corrected chi connectivity index (χ1v) is 9.68. The molecule has 7 nitrogen and oxygen atoms in total. The van der Waals surface area contributed by atoms with Gasteiger partial charge in [-0.15, -0.1) is 5.10 Å². The molecule has 2 N–H and O–H groups in total. The second-order valence-electron chi connectivity index (χ2n) is 6.50. The third kappa shape index (κ3) is 5.16. The van der Waals surface area contributed by atoms with E-state index < -0.39 is 0 Å². The van der Waals surface area contributed by atoms with Gasteiger partial charge in [-0.3, -0.25) is 9.97 Å². The summed E-state index contributed by atoms with van der Waals surface area (Å²) in [6.45, 7) is 1.43.